The molecule has 0 spiro atoms. The van der Waals surface area contributed by atoms with Gasteiger partial charge < -0.3 is 5.32 Å². The van der Waals surface area contributed by atoms with E-state index in [-0.39, 0.29) is 10.7 Å². The molecule has 1 aromatic rings. The van der Waals surface area contributed by atoms with E-state index in [2.05, 4.69) is 19.2 Å². The summed E-state index contributed by atoms with van der Waals surface area (Å²) in [6, 6.07) is 3.57. The van der Waals surface area contributed by atoms with E-state index >= 15 is 0 Å². The summed E-state index contributed by atoms with van der Waals surface area (Å²) in [4.78, 5) is 10.4. The lowest BCUT2D eigenvalue weighted by atomic mass is 10.1. The number of hydrogen-bond donors (Lipinski definition) is 1. The van der Waals surface area contributed by atoms with Gasteiger partial charge in [-0.2, -0.15) is 0 Å². The van der Waals surface area contributed by atoms with Crippen molar-refractivity contribution in [3.05, 3.63) is 32.8 Å². The lowest BCUT2D eigenvalue weighted by Crippen LogP contribution is -2.18. The van der Waals surface area contributed by atoms with Crippen molar-refractivity contribution < 1.29 is 4.92 Å². The van der Waals surface area contributed by atoms with Crippen molar-refractivity contribution in [2.24, 2.45) is 0 Å². The van der Waals surface area contributed by atoms with Gasteiger partial charge in [-0.25, -0.2) is 0 Å². The Labute approximate surface area is 119 Å². The van der Waals surface area contributed by atoms with Crippen LogP contribution in [0.15, 0.2) is 12.1 Å². The van der Waals surface area contributed by atoms with Gasteiger partial charge in [-0.1, -0.05) is 38.3 Å². The summed E-state index contributed by atoms with van der Waals surface area (Å²) in [5.74, 6) is 0. The SMILES string of the molecule is CCCCC(CC)Nc1cc(Cl)c([N+](=O)[O-])cc1C. The van der Waals surface area contributed by atoms with Crippen molar-refractivity contribution in [3.8, 4) is 0 Å². The van der Waals surface area contributed by atoms with Gasteiger partial charge in [-0.05, 0) is 31.4 Å². The zero-order valence-corrected chi connectivity index (χ0v) is 12.5. The molecular weight excluding hydrogens is 264 g/mol. The average Bonchev–Trinajstić information content (AvgIpc) is 2.37. The van der Waals surface area contributed by atoms with Gasteiger partial charge in [0.15, 0.2) is 0 Å². The van der Waals surface area contributed by atoms with Gasteiger partial charge in [0.25, 0.3) is 5.69 Å². The Hall–Kier alpha value is -1.29. The van der Waals surface area contributed by atoms with E-state index in [0.29, 0.717) is 6.04 Å². The van der Waals surface area contributed by atoms with Gasteiger partial charge in [0.05, 0.1) is 4.92 Å². The third-order valence-electron chi connectivity index (χ3n) is 3.25. The summed E-state index contributed by atoms with van der Waals surface area (Å²) in [5, 5.41) is 14.4. The van der Waals surface area contributed by atoms with Crippen LogP contribution in [0, 0.1) is 17.0 Å². The van der Waals surface area contributed by atoms with Crippen LogP contribution in [0.3, 0.4) is 0 Å². The van der Waals surface area contributed by atoms with E-state index in [1.807, 2.05) is 6.92 Å². The second kappa shape index (κ2) is 7.34. The minimum Gasteiger partial charge on any atom is -0.382 e. The smallest absolute Gasteiger partial charge is 0.288 e. The number of anilines is 1. The third-order valence-corrected chi connectivity index (χ3v) is 3.55. The maximum absolute atomic E-state index is 10.8. The standard InChI is InChI=1S/C14H21ClN2O2/c1-4-6-7-11(5-2)16-13-9-12(15)14(17(18)19)8-10(13)3/h8-9,11,16H,4-7H2,1-3H3. The first kappa shape index (κ1) is 15.8. The molecule has 0 fully saturated rings. The molecule has 0 radical (unpaired) electrons. The quantitative estimate of drug-likeness (QED) is 0.570. The van der Waals surface area contributed by atoms with E-state index in [1.54, 1.807) is 6.07 Å². The van der Waals surface area contributed by atoms with Crippen molar-refractivity contribution in [2.45, 2.75) is 52.5 Å². The largest absolute Gasteiger partial charge is 0.382 e. The molecule has 1 rings (SSSR count). The molecule has 0 saturated heterocycles. The van der Waals surface area contributed by atoms with Crippen LogP contribution in [0.1, 0.15) is 45.1 Å². The summed E-state index contributed by atoms with van der Waals surface area (Å²) in [5.41, 5.74) is 1.70. The number of halogens is 1. The molecule has 19 heavy (non-hydrogen) atoms. The lowest BCUT2D eigenvalue weighted by Gasteiger charge is -2.19. The van der Waals surface area contributed by atoms with Crippen LogP contribution in [0.2, 0.25) is 5.02 Å². The summed E-state index contributed by atoms with van der Waals surface area (Å²) in [6.45, 7) is 6.16. The molecular formula is C14H21ClN2O2. The van der Waals surface area contributed by atoms with Crippen molar-refractivity contribution in [1.29, 1.82) is 0 Å². The van der Waals surface area contributed by atoms with Gasteiger partial charge in [-0.15, -0.1) is 0 Å². The Morgan fingerprint density at radius 1 is 1.42 bits per heavy atom. The number of hydrogen-bond acceptors (Lipinski definition) is 3. The Bertz CT molecular complexity index is 449. The number of nitrogens with zero attached hydrogens (tertiary/aromatic N) is 1. The monoisotopic (exact) mass is 284 g/mol. The zero-order chi connectivity index (χ0) is 14.4. The molecule has 1 N–H and O–H groups in total. The predicted molar refractivity (Wildman–Crippen MR) is 80.1 cm³/mol. The first-order chi connectivity index (χ1) is 8.99. The first-order valence-electron chi connectivity index (χ1n) is 6.70. The molecule has 0 aliphatic rings. The molecule has 0 aliphatic carbocycles. The highest BCUT2D eigenvalue weighted by Crippen LogP contribution is 2.31. The van der Waals surface area contributed by atoms with Gasteiger partial charge in [0.1, 0.15) is 5.02 Å². The normalized spacial score (nSPS) is 12.2. The van der Waals surface area contributed by atoms with Crippen molar-refractivity contribution >= 4 is 23.0 Å². The number of nitro benzene ring substituents is 1. The summed E-state index contributed by atoms with van der Waals surface area (Å²) >= 11 is 5.95. The Morgan fingerprint density at radius 2 is 2.11 bits per heavy atom. The van der Waals surface area contributed by atoms with E-state index in [9.17, 15) is 10.1 Å². The Morgan fingerprint density at radius 3 is 2.63 bits per heavy atom. The highest BCUT2D eigenvalue weighted by molar-refractivity contribution is 6.33. The van der Waals surface area contributed by atoms with Gasteiger partial charge >= 0.3 is 0 Å². The highest BCUT2D eigenvalue weighted by Gasteiger charge is 2.16. The second-order valence-corrected chi connectivity index (χ2v) is 5.17. The van der Waals surface area contributed by atoms with Gasteiger partial charge in [0.2, 0.25) is 0 Å². The molecule has 0 aliphatic heterocycles. The first-order valence-corrected chi connectivity index (χ1v) is 7.08. The van der Waals surface area contributed by atoms with E-state index < -0.39 is 4.92 Å². The molecule has 106 valence electrons. The number of nitro groups is 1. The molecule has 0 amide bonds. The van der Waals surface area contributed by atoms with E-state index in [4.69, 9.17) is 11.6 Å². The van der Waals surface area contributed by atoms with E-state index in [1.165, 1.54) is 12.5 Å². The molecule has 0 bridgehead atoms. The predicted octanol–water partition coefficient (Wildman–Crippen LogP) is 4.94. The van der Waals surface area contributed by atoms with Crippen LogP contribution < -0.4 is 5.32 Å². The number of aryl methyl sites for hydroxylation is 1. The lowest BCUT2D eigenvalue weighted by molar-refractivity contribution is -0.384. The minimum atomic E-state index is -0.451. The fourth-order valence-corrected chi connectivity index (χ4v) is 2.24. The molecule has 0 heterocycles. The Balaban J connectivity index is 2.89. The highest BCUT2D eigenvalue weighted by atomic mass is 35.5. The van der Waals surface area contributed by atoms with Crippen molar-refractivity contribution in [1.82, 2.24) is 0 Å². The molecule has 0 saturated carbocycles. The van der Waals surface area contributed by atoms with Crippen molar-refractivity contribution in [2.75, 3.05) is 5.32 Å². The maximum Gasteiger partial charge on any atom is 0.288 e. The average molecular weight is 285 g/mol. The zero-order valence-electron chi connectivity index (χ0n) is 11.7. The van der Waals surface area contributed by atoms with E-state index in [0.717, 1.165) is 30.5 Å². The maximum atomic E-state index is 10.8. The number of unbranched alkanes of at least 4 members (excludes halogenated alkanes) is 1. The molecule has 5 heteroatoms. The fourth-order valence-electron chi connectivity index (χ4n) is 2.01. The number of nitrogens with one attached hydrogen (secondary N) is 1. The third kappa shape index (κ3) is 4.39. The fraction of sp³-hybridized carbons (Fsp3) is 0.571. The molecule has 1 aromatic carbocycles. The molecule has 0 aromatic heterocycles. The van der Waals surface area contributed by atoms with Crippen LogP contribution in [-0.2, 0) is 0 Å². The summed E-state index contributed by atoms with van der Waals surface area (Å²) in [6.07, 6.45) is 4.46. The second-order valence-electron chi connectivity index (χ2n) is 4.77. The van der Waals surface area contributed by atoms with Gasteiger partial charge in [-0.3, -0.25) is 10.1 Å². The van der Waals surface area contributed by atoms with Gasteiger partial charge in [0, 0.05) is 17.8 Å². The molecule has 4 nitrogen and oxygen atoms in total. The summed E-state index contributed by atoms with van der Waals surface area (Å²) < 4.78 is 0. The van der Waals surface area contributed by atoms with Crippen LogP contribution in [0.25, 0.3) is 0 Å². The topological polar surface area (TPSA) is 55.2 Å². The van der Waals surface area contributed by atoms with Crippen LogP contribution >= 0.6 is 11.6 Å². The number of benzene rings is 1. The van der Waals surface area contributed by atoms with Crippen LogP contribution in [0.4, 0.5) is 11.4 Å². The number of rotatable bonds is 7. The minimum absolute atomic E-state index is 0.0358. The Kier molecular flexibility index (Phi) is 6.09. The molecule has 1 atom stereocenters. The van der Waals surface area contributed by atoms with Crippen LogP contribution in [0.5, 0.6) is 0 Å². The summed E-state index contributed by atoms with van der Waals surface area (Å²) in [7, 11) is 0. The van der Waals surface area contributed by atoms with Crippen LogP contribution in [-0.4, -0.2) is 11.0 Å². The van der Waals surface area contributed by atoms with Crippen molar-refractivity contribution in [3.63, 3.8) is 0 Å². The molecule has 1 unspecified atom stereocenters.